The molecule has 0 aromatic carbocycles. The molecule has 0 radical (unpaired) electrons. The van der Waals surface area contributed by atoms with Gasteiger partial charge in [-0.1, -0.05) is 25.6 Å². The highest BCUT2D eigenvalue weighted by atomic mass is 16.1. The maximum atomic E-state index is 11.6. The smallest absolute Gasteiger partial charge is 0.234 e. The largest absolute Gasteiger partial charge is 0.311 e. The maximum absolute atomic E-state index is 11.6. The Morgan fingerprint density at radius 1 is 1.21 bits per heavy atom. The van der Waals surface area contributed by atoms with Gasteiger partial charge in [-0.2, -0.15) is 0 Å². The minimum Gasteiger partial charge on any atom is -0.311 e. The fraction of sp³-hybridized carbons (Fsp3) is 0.818. The Hall–Kier alpha value is -0.595. The minimum absolute atomic E-state index is 0.0443. The van der Waals surface area contributed by atoms with Crippen LogP contribution in [0.2, 0.25) is 12.1 Å². The number of carbonyl (C=O) groups excluding carboxylic acids is 2. The van der Waals surface area contributed by atoms with Crippen molar-refractivity contribution in [1.29, 1.82) is 0 Å². The zero-order chi connectivity index (χ0) is 10.3. The first-order chi connectivity index (χ1) is 6.61. The molecule has 14 heavy (non-hydrogen) atoms. The van der Waals surface area contributed by atoms with Crippen molar-refractivity contribution in [3.63, 3.8) is 0 Å². The molecule has 0 aromatic rings. The van der Waals surface area contributed by atoms with Crippen LogP contribution in [0.1, 0.15) is 33.1 Å². The average Bonchev–Trinajstić information content (AvgIpc) is 2.58. The van der Waals surface area contributed by atoms with Gasteiger partial charge in [0.1, 0.15) is 5.78 Å². The first-order valence-corrected chi connectivity index (χ1v) is 5.62. The Kier molecular flexibility index (Phi) is 2.50. The third-order valence-corrected chi connectivity index (χ3v) is 4.16. The van der Waals surface area contributed by atoms with Crippen LogP contribution in [0.4, 0.5) is 0 Å². The highest BCUT2D eigenvalue weighted by Crippen LogP contribution is 2.51. The summed E-state index contributed by atoms with van der Waals surface area (Å²) in [6.07, 6.45) is 4.63. The molecule has 3 unspecified atom stereocenters. The van der Waals surface area contributed by atoms with Crippen molar-refractivity contribution in [1.82, 2.24) is 0 Å². The van der Waals surface area contributed by atoms with Crippen molar-refractivity contribution in [2.24, 2.45) is 11.8 Å². The van der Waals surface area contributed by atoms with E-state index in [0.717, 1.165) is 6.32 Å². The molecule has 2 nitrogen and oxygen atoms in total. The Labute approximate surface area is 85.5 Å². The number of ketones is 1. The summed E-state index contributed by atoms with van der Waals surface area (Å²) in [4.78, 5) is 23.0. The van der Waals surface area contributed by atoms with E-state index in [1.807, 2.05) is 0 Å². The second-order valence-electron chi connectivity index (χ2n) is 4.94. The average molecular weight is 192 g/mol. The van der Waals surface area contributed by atoms with E-state index >= 15 is 0 Å². The third-order valence-electron chi connectivity index (χ3n) is 4.16. The van der Waals surface area contributed by atoms with Gasteiger partial charge in [-0.15, -0.1) is 0 Å². The van der Waals surface area contributed by atoms with Gasteiger partial charge in [0.2, 0.25) is 6.71 Å². The molecule has 0 spiro atoms. The summed E-state index contributed by atoms with van der Waals surface area (Å²) in [6.45, 7) is 3.34. The molecule has 1 aliphatic heterocycles. The van der Waals surface area contributed by atoms with E-state index in [2.05, 4.69) is 0 Å². The van der Waals surface area contributed by atoms with E-state index in [4.69, 9.17) is 0 Å². The van der Waals surface area contributed by atoms with Crippen LogP contribution in [0.3, 0.4) is 0 Å². The lowest BCUT2D eigenvalue weighted by molar-refractivity contribution is -0.118. The molecule has 0 amide bonds. The van der Waals surface area contributed by atoms with Crippen LogP contribution in [-0.4, -0.2) is 18.2 Å². The number of Topliss-reactive ketones (excluding diaryl/α,β-unsaturated/α-hetero) is 1. The Morgan fingerprint density at radius 2 is 1.93 bits per heavy atom. The highest BCUT2D eigenvalue weighted by molar-refractivity contribution is 6.93. The van der Waals surface area contributed by atoms with Gasteiger partial charge in [-0.3, -0.25) is 0 Å². The molecule has 1 saturated heterocycles. The van der Waals surface area contributed by atoms with Crippen LogP contribution in [0.5, 0.6) is 0 Å². The maximum Gasteiger partial charge on any atom is 0.234 e. The van der Waals surface area contributed by atoms with E-state index in [0.29, 0.717) is 11.8 Å². The molecule has 3 atom stereocenters. The zero-order valence-electron chi connectivity index (χ0n) is 8.95. The van der Waals surface area contributed by atoms with Crippen LogP contribution < -0.4 is 0 Å². The number of hydrogen-bond acceptors (Lipinski definition) is 2. The van der Waals surface area contributed by atoms with Gasteiger partial charge in [0.05, 0.1) is 5.68 Å². The predicted molar refractivity (Wildman–Crippen MR) is 56.5 cm³/mol. The Balaban J connectivity index is 2.21. The molecule has 2 rings (SSSR count). The van der Waals surface area contributed by atoms with Gasteiger partial charge < -0.3 is 9.59 Å². The van der Waals surface area contributed by atoms with Crippen molar-refractivity contribution in [3.8, 4) is 0 Å². The molecule has 1 heterocycles. The van der Waals surface area contributed by atoms with Gasteiger partial charge >= 0.3 is 0 Å². The molecule has 1 aliphatic carbocycles. The second kappa shape index (κ2) is 3.52. The van der Waals surface area contributed by atoms with Crippen molar-refractivity contribution in [3.05, 3.63) is 0 Å². The lowest BCUT2D eigenvalue weighted by atomic mass is 9.38. The van der Waals surface area contributed by atoms with Crippen molar-refractivity contribution in [2.75, 3.05) is 0 Å². The molecular formula is C11H17BO2. The summed E-state index contributed by atoms with van der Waals surface area (Å²) >= 11 is 0. The summed E-state index contributed by atoms with van der Waals surface area (Å²) in [5.74, 6) is 1.48. The molecule has 0 aromatic heterocycles. The van der Waals surface area contributed by atoms with Crippen LogP contribution in [0.15, 0.2) is 0 Å². The van der Waals surface area contributed by atoms with Gasteiger partial charge in [0.25, 0.3) is 0 Å². The predicted octanol–water partition coefficient (Wildman–Crippen LogP) is 2.00. The topological polar surface area (TPSA) is 34.1 Å². The third kappa shape index (κ3) is 1.43. The fourth-order valence-corrected chi connectivity index (χ4v) is 3.61. The monoisotopic (exact) mass is 192 g/mol. The number of hydrogen-bond donors (Lipinski definition) is 0. The van der Waals surface area contributed by atoms with E-state index in [1.165, 1.54) is 19.3 Å². The van der Waals surface area contributed by atoms with E-state index in [-0.39, 0.29) is 24.0 Å². The quantitative estimate of drug-likeness (QED) is 0.627. The molecule has 2 aliphatic rings. The molecule has 2 fully saturated rings. The van der Waals surface area contributed by atoms with Crippen LogP contribution in [-0.2, 0) is 9.59 Å². The van der Waals surface area contributed by atoms with Gasteiger partial charge in [-0.05, 0) is 25.7 Å². The highest BCUT2D eigenvalue weighted by Gasteiger charge is 2.50. The standard InChI is InChI=1S/C11H17BO2/c1-7(13)11-10-5-3-4-9(10)6-12(11)8(2)14/h9-11H,3-6H2,1-2H3. The summed E-state index contributed by atoms with van der Waals surface area (Å²) in [6, 6.07) is 0. The second-order valence-corrected chi connectivity index (χ2v) is 4.94. The first kappa shape index (κ1) is 9.94. The van der Waals surface area contributed by atoms with Crippen LogP contribution >= 0.6 is 0 Å². The molecule has 3 heteroatoms. The Morgan fingerprint density at radius 3 is 2.50 bits per heavy atom. The van der Waals surface area contributed by atoms with E-state index < -0.39 is 0 Å². The number of carbonyl (C=O) groups is 2. The normalized spacial score (nSPS) is 35.9. The zero-order valence-corrected chi connectivity index (χ0v) is 8.95. The van der Waals surface area contributed by atoms with E-state index in [9.17, 15) is 9.59 Å². The van der Waals surface area contributed by atoms with Crippen LogP contribution in [0.25, 0.3) is 0 Å². The van der Waals surface area contributed by atoms with Crippen molar-refractivity contribution < 1.29 is 9.59 Å². The van der Waals surface area contributed by atoms with Crippen LogP contribution in [0, 0.1) is 11.8 Å². The van der Waals surface area contributed by atoms with Gasteiger partial charge in [-0.25, -0.2) is 0 Å². The molecule has 1 saturated carbocycles. The molecule has 76 valence electrons. The minimum atomic E-state index is 0.0443. The number of rotatable bonds is 2. The van der Waals surface area contributed by atoms with Crippen molar-refractivity contribution in [2.45, 2.75) is 45.2 Å². The van der Waals surface area contributed by atoms with E-state index in [1.54, 1.807) is 13.8 Å². The van der Waals surface area contributed by atoms with Gasteiger partial charge in [0.15, 0.2) is 0 Å². The summed E-state index contributed by atoms with van der Waals surface area (Å²) in [5.41, 5.74) is 0.222. The number of fused-ring (bicyclic) bond motifs is 1. The SMILES string of the molecule is CC(=O)B1CC2CCCC2C1C(C)=O. The van der Waals surface area contributed by atoms with Crippen molar-refractivity contribution >= 4 is 18.2 Å². The summed E-state index contributed by atoms with van der Waals surface area (Å²) < 4.78 is 0. The van der Waals surface area contributed by atoms with Gasteiger partial charge in [0, 0.05) is 5.82 Å². The molecule has 0 bridgehead atoms. The Bertz CT molecular complexity index is 274. The summed E-state index contributed by atoms with van der Waals surface area (Å²) in [7, 11) is 0. The lowest BCUT2D eigenvalue weighted by Gasteiger charge is -2.17. The first-order valence-electron chi connectivity index (χ1n) is 5.62. The fourth-order valence-electron chi connectivity index (χ4n) is 3.61. The molecule has 0 N–H and O–H groups in total. The lowest BCUT2D eigenvalue weighted by Crippen LogP contribution is -2.30. The summed E-state index contributed by atoms with van der Waals surface area (Å²) in [5, 5.41) is 0. The molecular weight excluding hydrogens is 175 g/mol.